The molecule has 0 radical (unpaired) electrons. The van der Waals surface area contributed by atoms with Crippen LogP contribution in [0.5, 0.6) is 5.75 Å². The van der Waals surface area contributed by atoms with Crippen LogP contribution < -0.4 is 10.4 Å². The van der Waals surface area contributed by atoms with E-state index in [1.165, 1.54) is 0 Å². The fourth-order valence-electron chi connectivity index (χ4n) is 3.94. The monoisotopic (exact) mass is 403 g/mol. The van der Waals surface area contributed by atoms with Gasteiger partial charge in [0.05, 0.1) is 60.8 Å². The van der Waals surface area contributed by atoms with Crippen LogP contribution in [0.3, 0.4) is 0 Å². The van der Waals surface area contributed by atoms with Gasteiger partial charge >= 0.3 is 5.69 Å². The van der Waals surface area contributed by atoms with Gasteiger partial charge in [0.1, 0.15) is 5.75 Å². The number of aromatic nitrogens is 5. The lowest BCUT2D eigenvalue weighted by Gasteiger charge is -2.19. The molecule has 1 aromatic carbocycles. The highest BCUT2D eigenvalue weighted by Crippen LogP contribution is 2.36. The maximum atomic E-state index is 13.2. The minimum Gasteiger partial charge on any atom is -0.496 e. The van der Waals surface area contributed by atoms with Crippen molar-refractivity contribution in [1.82, 2.24) is 28.8 Å². The van der Waals surface area contributed by atoms with Gasteiger partial charge in [-0.1, -0.05) is 0 Å². The van der Waals surface area contributed by atoms with Crippen LogP contribution in [0.2, 0.25) is 0 Å². The van der Waals surface area contributed by atoms with Crippen LogP contribution in [0, 0.1) is 0 Å². The second-order valence-corrected chi connectivity index (χ2v) is 7.44. The number of fused-ring (bicyclic) bond motifs is 3. The van der Waals surface area contributed by atoms with Gasteiger partial charge in [0.25, 0.3) is 0 Å². The van der Waals surface area contributed by atoms with E-state index < -0.39 is 0 Å². The van der Waals surface area contributed by atoms with Crippen LogP contribution in [-0.4, -0.2) is 55.8 Å². The van der Waals surface area contributed by atoms with Crippen molar-refractivity contribution < 1.29 is 4.74 Å². The summed E-state index contributed by atoms with van der Waals surface area (Å²) in [5, 5.41) is 5.15. The third-order valence-electron chi connectivity index (χ3n) is 5.41. The summed E-state index contributed by atoms with van der Waals surface area (Å²) in [7, 11) is 7.20. The lowest BCUT2D eigenvalue weighted by Crippen LogP contribution is -2.29. The number of rotatable bonds is 3. The molecule has 3 aromatic heterocycles. The van der Waals surface area contributed by atoms with Crippen molar-refractivity contribution in [3.05, 3.63) is 47.4 Å². The average Bonchev–Trinajstić information content (AvgIpc) is 3.28. The zero-order valence-corrected chi connectivity index (χ0v) is 17.2. The van der Waals surface area contributed by atoms with Crippen LogP contribution in [0.4, 0.5) is 0 Å². The molecular weight excluding hydrogens is 382 g/mol. The number of methoxy groups -OCH3 is 1. The number of aliphatic imine (C=N–C) groups is 1. The molecule has 9 heteroatoms. The number of likely N-dealkylation sites (N-methyl/N-ethyl adjacent to an activating group) is 1. The number of hydrogen-bond acceptors (Lipinski definition) is 6. The first-order valence-electron chi connectivity index (χ1n) is 9.48. The number of nitrogens with zero attached hydrogens (tertiary/aromatic N) is 7. The van der Waals surface area contributed by atoms with Crippen molar-refractivity contribution in [3.63, 3.8) is 0 Å². The van der Waals surface area contributed by atoms with Gasteiger partial charge in [0.15, 0.2) is 0 Å². The van der Waals surface area contributed by atoms with Gasteiger partial charge in [-0.2, -0.15) is 5.10 Å². The highest BCUT2D eigenvalue weighted by molar-refractivity contribution is 6.06. The van der Waals surface area contributed by atoms with Crippen molar-refractivity contribution >= 4 is 34.0 Å². The van der Waals surface area contributed by atoms with Gasteiger partial charge in [0.2, 0.25) is 0 Å². The Bertz CT molecular complexity index is 1420. The van der Waals surface area contributed by atoms with E-state index >= 15 is 0 Å². The third-order valence-corrected chi connectivity index (χ3v) is 5.41. The van der Waals surface area contributed by atoms with E-state index in [0.29, 0.717) is 12.3 Å². The zero-order valence-electron chi connectivity index (χ0n) is 17.2. The maximum absolute atomic E-state index is 13.2. The summed E-state index contributed by atoms with van der Waals surface area (Å²) in [4.78, 5) is 24.0. The molecule has 0 saturated heterocycles. The number of hydrogen-bond donors (Lipinski definition) is 0. The van der Waals surface area contributed by atoms with Gasteiger partial charge in [-0.05, 0) is 6.07 Å². The quantitative estimate of drug-likeness (QED) is 0.523. The molecule has 0 N–H and O–H groups in total. The second-order valence-electron chi connectivity index (χ2n) is 7.44. The molecule has 0 fully saturated rings. The normalized spacial score (nSPS) is 14.0. The number of aryl methyl sites for hydroxylation is 2. The summed E-state index contributed by atoms with van der Waals surface area (Å²) in [6, 6.07) is 3.92. The first-order chi connectivity index (χ1) is 14.5. The Balaban J connectivity index is 1.89. The largest absolute Gasteiger partial charge is 0.496 e. The molecule has 5 rings (SSSR count). The maximum Gasteiger partial charge on any atom is 0.333 e. The topological polar surface area (TPSA) is 82.5 Å². The first-order valence-corrected chi connectivity index (χ1v) is 9.48. The molecule has 0 bridgehead atoms. The number of benzene rings is 1. The smallest absolute Gasteiger partial charge is 0.333 e. The number of ether oxygens (including phenoxy) is 1. The highest BCUT2D eigenvalue weighted by atomic mass is 16.5. The summed E-state index contributed by atoms with van der Waals surface area (Å²) in [6.45, 7) is 0.581. The molecule has 0 saturated carbocycles. The molecule has 0 unspecified atom stereocenters. The van der Waals surface area contributed by atoms with Crippen molar-refractivity contribution in [3.8, 4) is 16.9 Å². The molecule has 0 amide bonds. The molecular formula is C21H21N7O2. The predicted octanol–water partition coefficient (Wildman–Crippen LogP) is 2.07. The summed E-state index contributed by atoms with van der Waals surface area (Å²) >= 11 is 0. The van der Waals surface area contributed by atoms with E-state index in [2.05, 4.69) is 15.1 Å². The molecule has 0 atom stereocenters. The van der Waals surface area contributed by atoms with Gasteiger partial charge < -0.3 is 9.64 Å². The van der Waals surface area contributed by atoms with Crippen LogP contribution in [0.25, 0.3) is 38.8 Å². The highest BCUT2D eigenvalue weighted by Gasteiger charge is 2.21. The van der Waals surface area contributed by atoms with E-state index in [9.17, 15) is 4.79 Å². The standard InChI is InChI=1S/C21H21N7O2/c1-25-11-14(8-22-12-25)28-20-16-5-15(13-7-24-26(2)10-13)19(30-4)6-17(16)23-9-18(20)27(3)21(28)29/h5-10,12H,11H2,1-4H3. The van der Waals surface area contributed by atoms with Crippen molar-refractivity contribution in [2.45, 2.75) is 0 Å². The molecule has 30 heavy (non-hydrogen) atoms. The minimum absolute atomic E-state index is 0.130. The van der Waals surface area contributed by atoms with Crippen LogP contribution in [0.1, 0.15) is 0 Å². The number of pyridine rings is 1. The zero-order chi connectivity index (χ0) is 21.0. The molecule has 1 aliphatic rings. The third kappa shape index (κ3) is 2.62. The Morgan fingerprint density at radius 2 is 1.97 bits per heavy atom. The Morgan fingerprint density at radius 1 is 1.13 bits per heavy atom. The van der Waals surface area contributed by atoms with E-state index in [1.54, 1.807) is 52.9 Å². The van der Waals surface area contributed by atoms with E-state index in [0.717, 1.165) is 38.8 Å². The molecule has 4 aromatic rings. The molecule has 1 aliphatic heterocycles. The summed E-state index contributed by atoms with van der Waals surface area (Å²) in [6.07, 6.45) is 8.93. The fourth-order valence-corrected chi connectivity index (χ4v) is 3.94. The summed E-state index contributed by atoms with van der Waals surface area (Å²) in [5.74, 6) is 0.702. The fraction of sp³-hybridized carbons (Fsp3) is 0.238. The first kappa shape index (κ1) is 18.2. The Kier molecular flexibility index (Phi) is 3.99. The van der Waals surface area contributed by atoms with E-state index in [1.807, 2.05) is 37.3 Å². The number of imidazole rings is 1. The van der Waals surface area contributed by atoms with Crippen molar-refractivity contribution in [2.75, 3.05) is 20.7 Å². The SMILES string of the molecule is COc1cc2ncc3c(c2cc1-c1cnn(C)c1)n(C1=CN=CN(C)C1)c(=O)n3C. The van der Waals surface area contributed by atoms with Crippen LogP contribution in [-0.2, 0) is 14.1 Å². The minimum atomic E-state index is -0.130. The van der Waals surface area contributed by atoms with Crippen molar-refractivity contribution in [1.29, 1.82) is 0 Å². The summed E-state index contributed by atoms with van der Waals surface area (Å²) in [5.41, 5.74) is 4.81. The Morgan fingerprint density at radius 3 is 2.67 bits per heavy atom. The lowest BCUT2D eigenvalue weighted by molar-refractivity contribution is 0.417. The predicted molar refractivity (Wildman–Crippen MR) is 117 cm³/mol. The van der Waals surface area contributed by atoms with Gasteiger partial charge in [0, 0.05) is 49.9 Å². The molecule has 4 heterocycles. The Hall–Kier alpha value is -3.88. The lowest BCUT2D eigenvalue weighted by atomic mass is 10.0. The van der Waals surface area contributed by atoms with Crippen LogP contribution >= 0.6 is 0 Å². The molecule has 0 spiro atoms. The molecule has 9 nitrogen and oxygen atoms in total. The van der Waals surface area contributed by atoms with Gasteiger partial charge in [-0.3, -0.25) is 18.8 Å². The van der Waals surface area contributed by atoms with Gasteiger partial charge in [-0.25, -0.2) is 9.79 Å². The van der Waals surface area contributed by atoms with Crippen molar-refractivity contribution in [2.24, 2.45) is 19.1 Å². The van der Waals surface area contributed by atoms with Gasteiger partial charge in [-0.15, -0.1) is 0 Å². The summed E-state index contributed by atoms with van der Waals surface area (Å²) < 4.78 is 10.7. The average molecular weight is 403 g/mol. The molecule has 152 valence electrons. The molecule has 0 aliphatic carbocycles. The van der Waals surface area contributed by atoms with E-state index in [4.69, 9.17) is 4.74 Å². The Labute approximate surface area is 172 Å². The van der Waals surface area contributed by atoms with E-state index in [-0.39, 0.29) is 5.69 Å². The second kappa shape index (κ2) is 6.58. The van der Waals surface area contributed by atoms with Crippen LogP contribution in [0.15, 0.2) is 46.7 Å².